The number of hydrogen-bond donors (Lipinski definition) is 1. The van der Waals surface area contributed by atoms with Gasteiger partial charge in [0, 0.05) is 33.5 Å². The first-order valence-corrected chi connectivity index (χ1v) is 7.25. The Morgan fingerprint density at radius 2 is 2.00 bits per heavy atom. The lowest BCUT2D eigenvalue weighted by Crippen LogP contribution is -2.37. The van der Waals surface area contributed by atoms with Gasteiger partial charge < -0.3 is 15.1 Å². The normalized spacial score (nSPS) is 16.7. The van der Waals surface area contributed by atoms with E-state index in [0.717, 1.165) is 11.3 Å². The number of aryl methyl sites for hydroxylation is 1. The number of amides is 2. The SMILES string of the molecule is Cc1ccc(C2=NOC(C(=O)NCCC(=O)N(C)C)C2)cc1. The number of carbonyl (C=O) groups excluding carboxylic acids is 2. The number of oxime groups is 1. The van der Waals surface area contributed by atoms with E-state index in [-0.39, 0.29) is 18.2 Å². The van der Waals surface area contributed by atoms with E-state index in [1.165, 1.54) is 10.5 Å². The second-order valence-corrected chi connectivity index (χ2v) is 5.53. The van der Waals surface area contributed by atoms with E-state index in [4.69, 9.17) is 4.84 Å². The molecule has 0 radical (unpaired) electrons. The van der Waals surface area contributed by atoms with Crippen LogP contribution in [0.5, 0.6) is 0 Å². The third-order valence-corrected chi connectivity index (χ3v) is 3.48. The van der Waals surface area contributed by atoms with Crippen molar-refractivity contribution in [2.75, 3.05) is 20.6 Å². The van der Waals surface area contributed by atoms with Gasteiger partial charge in [-0.1, -0.05) is 35.0 Å². The molecule has 0 saturated heterocycles. The maximum absolute atomic E-state index is 12.0. The molecule has 0 bridgehead atoms. The highest BCUT2D eigenvalue weighted by molar-refractivity contribution is 6.04. The van der Waals surface area contributed by atoms with Crippen molar-refractivity contribution in [3.8, 4) is 0 Å². The third-order valence-electron chi connectivity index (χ3n) is 3.48. The van der Waals surface area contributed by atoms with E-state index in [2.05, 4.69) is 10.5 Å². The van der Waals surface area contributed by atoms with Gasteiger partial charge >= 0.3 is 0 Å². The smallest absolute Gasteiger partial charge is 0.264 e. The highest BCUT2D eigenvalue weighted by atomic mass is 16.6. The number of benzene rings is 1. The van der Waals surface area contributed by atoms with Crippen molar-refractivity contribution in [2.24, 2.45) is 5.16 Å². The van der Waals surface area contributed by atoms with Gasteiger partial charge in [0.25, 0.3) is 5.91 Å². The van der Waals surface area contributed by atoms with E-state index in [9.17, 15) is 9.59 Å². The first-order valence-electron chi connectivity index (χ1n) is 7.25. The van der Waals surface area contributed by atoms with Crippen LogP contribution in [0.25, 0.3) is 0 Å². The van der Waals surface area contributed by atoms with Crippen LogP contribution in [0, 0.1) is 6.92 Å². The Hall–Kier alpha value is -2.37. The average molecular weight is 303 g/mol. The van der Waals surface area contributed by atoms with Crippen LogP contribution in [0.1, 0.15) is 24.0 Å². The minimum Gasteiger partial charge on any atom is -0.382 e. The van der Waals surface area contributed by atoms with Gasteiger partial charge in [-0.15, -0.1) is 0 Å². The van der Waals surface area contributed by atoms with Crippen LogP contribution in [-0.4, -0.2) is 49.2 Å². The minimum absolute atomic E-state index is 0.0239. The maximum Gasteiger partial charge on any atom is 0.264 e. The van der Waals surface area contributed by atoms with Gasteiger partial charge in [0.2, 0.25) is 12.0 Å². The molecule has 0 spiro atoms. The number of nitrogens with one attached hydrogen (secondary N) is 1. The molecule has 2 amide bonds. The largest absolute Gasteiger partial charge is 0.382 e. The van der Waals surface area contributed by atoms with E-state index >= 15 is 0 Å². The Morgan fingerprint density at radius 1 is 1.32 bits per heavy atom. The van der Waals surface area contributed by atoms with Crippen LogP contribution in [-0.2, 0) is 14.4 Å². The summed E-state index contributed by atoms with van der Waals surface area (Å²) < 4.78 is 0. The predicted octanol–water partition coefficient (Wildman–Crippen LogP) is 1.08. The molecule has 22 heavy (non-hydrogen) atoms. The summed E-state index contributed by atoms with van der Waals surface area (Å²) in [4.78, 5) is 30.1. The number of nitrogens with zero attached hydrogens (tertiary/aromatic N) is 2. The van der Waals surface area contributed by atoms with Crippen LogP contribution < -0.4 is 5.32 Å². The molecule has 0 aliphatic carbocycles. The van der Waals surface area contributed by atoms with Crippen molar-refractivity contribution < 1.29 is 14.4 Å². The molecule has 0 saturated carbocycles. The van der Waals surface area contributed by atoms with Crippen molar-refractivity contribution in [2.45, 2.75) is 25.9 Å². The minimum atomic E-state index is -0.620. The summed E-state index contributed by atoms with van der Waals surface area (Å²) in [6, 6.07) is 7.93. The van der Waals surface area contributed by atoms with Gasteiger partial charge in [-0.25, -0.2) is 0 Å². The molecule has 1 aromatic rings. The summed E-state index contributed by atoms with van der Waals surface area (Å²) in [5.41, 5.74) is 2.90. The highest BCUT2D eigenvalue weighted by Crippen LogP contribution is 2.17. The summed E-state index contributed by atoms with van der Waals surface area (Å²) in [6.45, 7) is 2.32. The summed E-state index contributed by atoms with van der Waals surface area (Å²) in [6.07, 6.45) is 0.0963. The topological polar surface area (TPSA) is 71.0 Å². The average Bonchev–Trinajstić information content (AvgIpc) is 2.97. The van der Waals surface area contributed by atoms with Gasteiger partial charge in [-0.2, -0.15) is 0 Å². The lowest BCUT2D eigenvalue weighted by Gasteiger charge is -2.12. The molecule has 0 fully saturated rings. The summed E-state index contributed by atoms with van der Waals surface area (Å²) in [7, 11) is 3.37. The molecule has 1 heterocycles. The lowest BCUT2D eigenvalue weighted by molar-refractivity contribution is -0.131. The number of carbonyl (C=O) groups is 2. The van der Waals surface area contributed by atoms with E-state index in [0.29, 0.717) is 13.0 Å². The molecule has 2 rings (SSSR count). The number of hydrogen-bond acceptors (Lipinski definition) is 4. The zero-order chi connectivity index (χ0) is 16.1. The van der Waals surface area contributed by atoms with Gasteiger partial charge in [0.1, 0.15) is 0 Å². The molecule has 1 aromatic carbocycles. The molecule has 1 atom stereocenters. The Balaban J connectivity index is 1.80. The van der Waals surface area contributed by atoms with Gasteiger partial charge in [0.15, 0.2) is 0 Å². The van der Waals surface area contributed by atoms with Crippen molar-refractivity contribution >= 4 is 17.5 Å². The van der Waals surface area contributed by atoms with Crippen LogP contribution in [0.15, 0.2) is 29.4 Å². The van der Waals surface area contributed by atoms with Crippen LogP contribution in [0.2, 0.25) is 0 Å². The zero-order valence-corrected chi connectivity index (χ0v) is 13.1. The summed E-state index contributed by atoms with van der Waals surface area (Å²) in [5.74, 6) is -0.262. The highest BCUT2D eigenvalue weighted by Gasteiger charge is 2.28. The van der Waals surface area contributed by atoms with Gasteiger partial charge in [0.05, 0.1) is 5.71 Å². The second-order valence-electron chi connectivity index (χ2n) is 5.53. The first-order chi connectivity index (χ1) is 10.5. The fourth-order valence-electron chi connectivity index (χ4n) is 2.06. The molecule has 1 N–H and O–H groups in total. The molecule has 1 aliphatic heterocycles. The fraction of sp³-hybridized carbons (Fsp3) is 0.438. The van der Waals surface area contributed by atoms with Crippen molar-refractivity contribution in [3.05, 3.63) is 35.4 Å². The third kappa shape index (κ3) is 4.07. The number of rotatable bonds is 5. The summed E-state index contributed by atoms with van der Waals surface area (Å²) in [5, 5.41) is 6.70. The Morgan fingerprint density at radius 3 is 2.64 bits per heavy atom. The van der Waals surface area contributed by atoms with E-state index < -0.39 is 6.10 Å². The van der Waals surface area contributed by atoms with Gasteiger partial charge in [-0.05, 0) is 12.5 Å². The maximum atomic E-state index is 12.0. The first kappa shape index (κ1) is 16.0. The quantitative estimate of drug-likeness (QED) is 0.885. The molecule has 0 aromatic heterocycles. The summed E-state index contributed by atoms with van der Waals surface area (Å²) >= 11 is 0. The Labute approximate surface area is 130 Å². The van der Waals surface area contributed by atoms with Crippen LogP contribution in [0.4, 0.5) is 0 Å². The van der Waals surface area contributed by atoms with E-state index in [1.807, 2.05) is 31.2 Å². The molecule has 1 aliphatic rings. The Bertz CT molecular complexity index is 579. The standard InChI is InChI=1S/C16H21N3O3/c1-11-4-6-12(7-5-11)13-10-14(22-18-13)16(21)17-9-8-15(20)19(2)3/h4-7,14H,8-10H2,1-3H3,(H,17,21). The molecular formula is C16H21N3O3. The zero-order valence-electron chi connectivity index (χ0n) is 13.1. The van der Waals surface area contributed by atoms with Crippen molar-refractivity contribution in [1.29, 1.82) is 0 Å². The monoisotopic (exact) mass is 303 g/mol. The molecule has 118 valence electrons. The second kappa shape index (κ2) is 7.06. The molecular weight excluding hydrogens is 282 g/mol. The molecule has 6 nitrogen and oxygen atoms in total. The van der Waals surface area contributed by atoms with Crippen molar-refractivity contribution in [3.63, 3.8) is 0 Å². The van der Waals surface area contributed by atoms with Crippen LogP contribution in [0.3, 0.4) is 0 Å². The predicted molar refractivity (Wildman–Crippen MR) is 83.5 cm³/mol. The molecule has 1 unspecified atom stereocenters. The lowest BCUT2D eigenvalue weighted by atomic mass is 10.0. The van der Waals surface area contributed by atoms with Crippen LogP contribution >= 0.6 is 0 Å². The van der Waals surface area contributed by atoms with Crippen molar-refractivity contribution in [1.82, 2.24) is 10.2 Å². The Kier molecular flexibility index (Phi) is 5.14. The molecule has 6 heteroatoms. The van der Waals surface area contributed by atoms with Gasteiger partial charge in [-0.3, -0.25) is 9.59 Å². The van der Waals surface area contributed by atoms with E-state index in [1.54, 1.807) is 14.1 Å². The fourth-order valence-corrected chi connectivity index (χ4v) is 2.06.